The predicted molar refractivity (Wildman–Crippen MR) is 105 cm³/mol. The van der Waals surface area contributed by atoms with Crippen LogP contribution in [0.2, 0.25) is 5.02 Å². The summed E-state index contributed by atoms with van der Waals surface area (Å²) in [5.74, 6) is -0.527. The molecule has 2 aromatic rings. The van der Waals surface area contributed by atoms with E-state index in [1.165, 1.54) is 6.07 Å². The molecule has 1 aliphatic heterocycles. The number of halogens is 2. The molecule has 1 saturated heterocycles. The van der Waals surface area contributed by atoms with E-state index >= 15 is 0 Å². The maximum Gasteiger partial charge on any atom is 0.224 e. The second kappa shape index (κ2) is 8.86. The number of nitrogens with one attached hydrogen (secondary N) is 1. The minimum atomic E-state index is -0.254. The second-order valence-corrected chi connectivity index (χ2v) is 6.81. The van der Waals surface area contributed by atoms with Crippen LogP contribution < -0.4 is 10.2 Å². The van der Waals surface area contributed by atoms with E-state index in [2.05, 4.69) is 5.32 Å². The number of carbonyl (C=O) groups excluding carboxylic acids is 2. The molecule has 1 N–H and O–H groups in total. The van der Waals surface area contributed by atoms with Crippen LogP contribution in [0.3, 0.4) is 0 Å². The number of amides is 2. The van der Waals surface area contributed by atoms with Crippen LogP contribution >= 0.6 is 11.6 Å². The standard InChI is InChI=1S/C20H21ClFN3O2/c21-15-5-7-16(8-6-15)23-19(26)9-10-20(27)25-13-11-24(12-14-25)18-4-2-1-3-17(18)22/h1-8H,9-14H2,(H,23,26). The summed E-state index contributed by atoms with van der Waals surface area (Å²) < 4.78 is 13.9. The Morgan fingerprint density at radius 1 is 0.963 bits per heavy atom. The van der Waals surface area contributed by atoms with Crippen LogP contribution in [-0.2, 0) is 9.59 Å². The van der Waals surface area contributed by atoms with E-state index in [4.69, 9.17) is 11.6 Å². The smallest absolute Gasteiger partial charge is 0.224 e. The molecule has 0 spiro atoms. The number of anilines is 2. The van der Waals surface area contributed by atoms with Gasteiger partial charge in [-0.2, -0.15) is 0 Å². The normalized spacial score (nSPS) is 14.1. The van der Waals surface area contributed by atoms with Crippen molar-refractivity contribution in [2.45, 2.75) is 12.8 Å². The van der Waals surface area contributed by atoms with Gasteiger partial charge in [0, 0.05) is 49.7 Å². The molecule has 0 saturated carbocycles. The molecular weight excluding hydrogens is 369 g/mol. The molecule has 1 aliphatic rings. The molecule has 5 nitrogen and oxygen atoms in total. The number of rotatable bonds is 5. The van der Waals surface area contributed by atoms with Gasteiger partial charge < -0.3 is 15.1 Å². The Labute approximate surface area is 162 Å². The van der Waals surface area contributed by atoms with Crippen LogP contribution in [0, 0.1) is 5.82 Å². The second-order valence-electron chi connectivity index (χ2n) is 6.37. The van der Waals surface area contributed by atoms with Crippen LogP contribution in [0.25, 0.3) is 0 Å². The Hall–Kier alpha value is -2.60. The Bertz CT molecular complexity index is 805. The topological polar surface area (TPSA) is 52.7 Å². The van der Waals surface area contributed by atoms with Gasteiger partial charge in [0.25, 0.3) is 0 Å². The van der Waals surface area contributed by atoms with Crippen molar-refractivity contribution in [2.24, 2.45) is 0 Å². The lowest BCUT2D eigenvalue weighted by Crippen LogP contribution is -2.49. The fourth-order valence-electron chi connectivity index (χ4n) is 3.04. The van der Waals surface area contributed by atoms with Crippen molar-refractivity contribution in [1.29, 1.82) is 0 Å². The third-order valence-corrected chi connectivity index (χ3v) is 4.77. The van der Waals surface area contributed by atoms with Gasteiger partial charge in [-0.05, 0) is 36.4 Å². The number of carbonyl (C=O) groups is 2. The highest BCUT2D eigenvalue weighted by Gasteiger charge is 2.22. The summed E-state index contributed by atoms with van der Waals surface area (Å²) in [6, 6.07) is 13.5. The van der Waals surface area contributed by atoms with Gasteiger partial charge >= 0.3 is 0 Å². The molecule has 0 radical (unpaired) electrons. The molecule has 3 rings (SSSR count). The lowest BCUT2D eigenvalue weighted by molar-refractivity contribution is -0.133. The van der Waals surface area contributed by atoms with Crippen LogP contribution in [0.1, 0.15) is 12.8 Å². The highest BCUT2D eigenvalue weighted by molar-refractivity contribution is 6.30. The molecule has 27 heavy (non-hydrogen) atoms. The molecule has 7 heteroatoms. The number of para-hydroxylation sites is 1. The third-order valence-electron chi connectivity index (χ3n) is 4.52. The molecule has 0 aliphatic carbocycles. The molecule has 0 atom stereocenters. The maximum atomic E-state index is 13.9. The summed E-state index contributed by atoms with van der Waals surface area (Å²) in [5.41, 5.74) is 1.21. The zero-order chi connectivity index (χ0) is 19.2. The Morgan fingerprint density at radius 2 is 1.63 bits per heavy atom. The summed E-state index contributed by atoms with van der Waals surface area (Å²) >= 11 is 5.81. The maximum absolute atomic E-state index is 13.9. The fourth-order valence-corrected chi connectivity index (χ4v) is 3.17. The number of hydrogen-bond acceptors (Lipinski definition) is 3. The Kier molecular flexibility index (Phi) is 6.29. The molecule has 1 heterocycles. The zero-order valence-corrected chi connectivity index (χ0v) is 15.6. The SMILES string of the molecule is O=C(CCC(=O)N1CCN(c2ccccc2F)CC1)Nc1ccc(Cl)cc1. The van der Waals surface area contributed by atoms with Gasteiger partial charge in [0.2, 0.25) is 11.8 Å². The largest absolute Gasteiger partial charge is 0.366 e. The minimum Gasteiger partial charge on any atom is -0.366 e. The number of nitrogens with zero attached hydrogens (tertiary/aromatic N) is 2. The summed E-state index contributed by atoms with van der Waals surface area (Å²) in [5, 5.41) is 3.34. The molecule has 142 valence electrons. The third kappa shape index (κ3) is 5.20. The highest BCUT2D eigenvalue weighted by atomic mass is 35.5. The molecule has 2 amide bonds. The molecule has 0 aromatic heterocycles. The van der Waals surface area contributed by atoms with Gasteiger partial charge in [-0.1, -0.05) is 23.7 Å². The van der Waals surface area contributed by atoms with Crippen molar-refractivity contribution < 1.29 is 14.0 Å². The molecule has 2 aromatic carbocycles. The minimum absolute atomic E-state index is 0.0607. The van der Waals surface area contributed by atoms with E-state index < -0.39 is 0 Å². The van der Waals surface area contributed by atoms with Crippen LogP contribution in [0.4, 0.5) is 15.8 Å². The Balaban J connectivity index is 1.43. The molecule has 0 unspecified atom stereocenters. The van der Waals surface area contributed by atoms with Gasteiger partial charge in [0.05, 0.1) is 5.69 Å². The van der Waals surface area contributed by atoms with E-state index in [9.17, 15) is 14.0 Å². The van der Waals surface area contributed by atoms with Gasteiger partial charge in [0.15, 0.2) is 0 Å². The average molecular weight is 390 g/mol. The van der Waals surface area contributed by atoms with Crippen molar-refractivity contribution >= 4 is 34.8 Å². The van der Waals surface area contributed by atoms with Crippen LogP contribution in [0.5, 0.6) is 0 Å². The van der Waals surface area contributed by atoms with Gasteiger partial charge in [-0.15, -0.1) is 0 Å². The first-order chi connectivity index (χ1) is 13.0. The monoisotopic (exact) mass is 389 g/mol. The lowest BCUT2D eigenvalue weighted by atomic mass is 10.2. The van der Waals surface area contributed by atoms with Crippen LogP contribution in [-0.4, -0.2) is 42.9 Å². The first-order valence-corrected chi connectivity index (χ1v) is 9.23. The van der Waals surface area contributed by atoms with Crippen molar-refractivity contribution in [3.05, 3.63) is 59.4 Å². The zero-order valence-electron chi connectivity index (χ0n) is 14.8. The lowest BCUT2D eigenvalue weighted by Gasteiger charge is -2.36. The van der Waals surface area contributed by atoms with E-state index in [1.54, 1.807) is 47.4 Å². The van der Waals surface area contributed by atoms with E-state index in [1.807, 2.05) is 4.90 Å². The highest BCUT2D eigenvalue weighted by Crippen LogP contribution is 2.20. The van der Waals surface area contributed by atoms with Gasteiger partial charge in [-0.3, -0.25) is 9.59 Å². The number of benzene rings is 2. The van der Waals surface area contributed by atoms with Crippen molar-refractivity contribution in [3.8, 4) is 0 Å². The molecular formula is C20H21ClFN3O2. The van der Waals surface area contributed by atoms with Crippen molar-refractivity contribution in [1.82, 2.24) is 4.90 Å². The predicted octanol–water partition coefficient (Wildman–Crippen LogP) is 3.55. The summed E-state index contributed by atoms with van der Waals surface area (Å²) in [6.07, 6.45) is 0.272. The van der Waals surface area contributed by atoms with Gasteiger partial charge in [-0.25, -0.2) is 4.39 Å². The van der Waals surface area contributed by atoms with Crippen LogP contribution in [0.15, 0.2) is 48.5 Å². The van der Waals surface area contributed by atoms with E-state index in [0.29, 0.717) is 42.6 Å². The fraction of sp³-hybridized carbons (Fsp3) is 0.300. The first-order valence-electron chi connectivity index (χ1n) is 8.85. The van der Waals surface area contributed by atoms with E-state index in [0.717, 1.165) is 0 Å². The number of hydrogen-bond donors (Lipinski definition) is 1. The van der Waals surface area contributed by atoms with E-state index in [-0.39, 0.29) is 30.5 Å². The Morgan fingerprint density at radius 3 is 2.30 bits per heavy atom. The first kappa shape index (κ1) is 19.2. The average Bonchev–Trinajstić information content (AvgIpc) is 2.68. The van der Waals surface area contributed by atoms with Crippen molar-refractivity contribution in [2.75, 3.05) is 36.4 Å². The van der Waals surface area contributed by atoms with Gasteiger partial charge in [0.1, 0.15) is 5.82 Å². The summed E-state index contributed by atoms with van der Waals surface area (Å²) in [6.45, 7) is 2.19. The summed E-state index contributed by atoms with van der Waals surface area (Å²) in [4.78, 5) is 28.0. The van der Waals surface area contributed by atoms with Crippen molar-refractivity contribution in [3.63, 3.8) is 0 Å². The summed E-state index contributed by atoms with van der Waals surface area (Å²) in [7, 11) is 0. The molecule has 0 bridgehead atoms. The quantitative estimate of drug-likeness (QED) is 0.850. The number of piperazine rings is 1. The molecule has 1 fully saturated rings.